The first-order chi connectivity index (χ1) is 9.16. The third-order valence-electron chi connectivity index (χ3n) is 3.49. The zero-order valence-electron chi connectivity index (χ0n) is 10.6. The van der Waals surface area contributed by atoms with Crippen LogP contribution in [-0.2, 0) is 18.3 Å². The molecule has 2 aromatic rings. The van der Waals surface area contributed by atoms with Crippen LogP contribution in [0.4, 0.5) is 0 Å². The molecule has 0 spiro atoms. The molecule has 19 heavy (non-hydrogen) atoms. The van der Waals surface area contributed by atoms with Crippen LogP contribution in [0.25, 0.3) is 11.0 Å². The minimum Gasteiger partial charge on any atom is -0.391 e. The maximum atomic E-state index is 12.2. The second kappa shape index (κ2) is 4.71. The standard InChI is InChI=1S/C11H15N5O3/c1-15-10-8(4-12-15)11(18)16(14-13-10)5-9(17)7-2-3-19-6-7/h4,7,9,17H,2-3,5-6H2,1H3. The lowest BCUT2D eigenvalue weighted by Gasteiger charge is -2.16. The number of nitrogens with zero attached hydrogens (tertiary/aromatic N) is 5. The maximum Gasteiger partial charge on any atom is 0.280 e. The molecule has 8 heteroatoms. The minimum atomic E-state index is -0.649. The summed E-state index contributed by atoms with van der Waals surface area (Å²) in [6, 6.07) is 0. The zero-order valence-corrected chi connectivity index (χ0v) is 10.6. The minimum absolute atomic E-state index is 0.0540. The molecule has 2 aromatic heterocycles. The predicted octanol–water partition coefficient (Wildman–Crippen LogP) is -1.08. The van der Waals surface area contributed by atoms with Crippen molar-refractivity contribution in [3.63, 3.8) is 0 Å². The van der Waals surface area contributed by atoms with Crippen LogP contribution in [0.3, 0.4) is 0 Å². The van der Waals surface area contributed by atoms with Gasteiger partial charge in [0.2, 0.25) is 0 Å². The van der Waals surface area contributed by atoms with Gasteiger partial charge in [-0.3, -0.25) is 4.79 Å². The van der Waals surface area contributed by atoms with E-state index >= 15 is 0 Å². The van der Waals surface area contributed by atoms with Gasteiger partial charge in [0.05, 0.1) is 25.5 Å². The van der Waals surface area contributed by atoms with Crippen LogP contribution >= 0.6 is 0 Å². The van der Waals surface area contributed by atoms with Crippen LogP contribution in [0.15, 0.2) is 11.0 Å². The molecule has 0 aromatic carbocycles. The number of aryl methyl sites for hydroxylation is 1. The molecule has 0 saturated carbocycles. The summed E-state index contributed by atoms with van der Waals surface area (Å²) < 4.78 is 7.91. The Hall–Kier alpha value is -1.80. The summed E-state index contributed by atoms with van der Waals surface area (Å²) in [6.45, 7) is 1.31. The summed E-state index contributed by atoms with van der Waals surface area (Å²) in [4.78, 5) is 12.2. The quantitative estimate of drug-likeness (QED) is 0.758. The lowest BCUT2D eigenvalue weighted by molar-refractivity contribution is 0.0729. The highest BCUT2D eigenvalue weighted by molar-refractivity contribution is 5.72. The van der Waals surface area contributed by atoms with Crippen LogP contribution < -0.4 is 5.56 Å². The monoisotopic (exact) mass is 265 g/mol. The molecule has 2 unspecified atom stereocenters. The van der Waals surface area contributed by atoms with E-state index in [1.54, 1.807) is 7.05 Å². The third-order valence-corrected chi connectivity index (χ3v) is 3.49. The fraction of sp³-hybridized carbons (Fsp3) is 0.636. The molecule has 1 aliphatic heterocycles. The number of rotatable bonds is 3. The van der Waals surface area contributed by atoms with Crippen molar-refractivity contribution in [1.82, 2.24) is 24.8 Å². The number of aromatic nitrogens is 5. The highest BCUT2D eigenvalue weighted by Gasteiger charge is 2.25. The molecule has 1 fully saturated rings. The van der Waals surface area contributed by atoms with Crippen molar-refractivity contribution < 1.29 is 9.84 Å². The Morgan fingerprint density at radius 2 is 2.47 bits per heavy atom. The Morgan fingerprint density at radius 1 is 1.63 bits per heavy atom. The van der Waals surface area contributed by atoms with Gasteiger partial charge in [-0.25, -0.2) is 9.36 Å². The Kier molecular flexibility index (Phi) is 3.03. The average molecular weight is 265 g/mol. The summed E-state index contributed by atoms with van der Waals surface area (Å²) in [6.07, 6.45) is 1.62. The third kappa shape index (κ3) is 2.13. The van der Waals surface area contributed by atoms with Crippen LogP contribution in [-0.4, -0.2) is 49.2 Å². The van der Waals surface area contributed by atoms with E-state index in [0.29, 0.717) is 24.2 Å². The summed E-state index contributed by atoms with van der Waals surface area (Å²) in [7, 11) is 1.70. The number of fused-ring (bicyclic) bond motifs is 1. The van der Waals surface area contributed by atoms with Crippen molar-refractivity contribution in [2.24, 2.45) is 13.0 Å². The van der Waals surface area contributed by atoms with Gasteiger partial charge in [-0.15, -0.1) is 5.10 Å². The van der Waals surface area contributed by atoms with Crippen LogP contribution in [0.1, 0.15) is 6.42 Å². The molecule has 3 heterocycles. The molecule has 0 aliphatic carbocycles. The van der Waals surface area contributed by atoms with Gasteiger partial charge in [0, 0.05) is 19.6 Å². The van der Waals surface area contributed by atoms with Gasteiger partial charge >= 0.3 is 0 Å². The number of hydrogen-bond donors (Lipinski definition) is 1. The summed E-state index contributed by atoms with van der Waals surface area (Å²) in [5.74, 6) is 0.0540. The van der Waals surface area contributed by atoms with E-state index in [2.05, 4.69) is 15.4 Å². The van der Waals surface area contributed by atoms with Crippen LogP contribution in [0.5, 0.6) is 0 Å². The molecular weight excluding hydrogens is 250 g/mol. The Bertz CT molecular complexity index is 643. The van der Waals surface area contributed by atoms with Gasteiger partial charge in [0.15, 0.2) is 5.65 Å². The lowest BCUT2D eigenvalue weighted by atomic mass is 10.0. The molecule has 0 bridgehead atoms. The number of aliphatic hydroxyl groups is 1. The molecule has 3 rings (SSSR count). The first-order valence-electron chi connectivity index (χ1n) is 6.18. The van der Waals surface area contributed by atoms with E-state index in [1.165, 1.54) is 15.6 Å². The fourth-order valence-electron chi connectivity index (χ4n) is 2.28. The first kappa shape index (κ1) is 12.2. The smallest absolute Gasteiger partial charge is 0.280 e. The Balaban J connectivity index is 1.88. The summed E-state index contributed by atoms with van der Waals surface area (Å²) in [5.41, 5.74) is 0.163. The fourth-order valence-corrected chi connectivity index (χ4v) is 2.28. The molecule has 102 valence electrons. The van der Waals surface area contributed by atoms with Crippen molar-refractivity contribution in [1.29, 1.82) is 0 Å². The van der Waals surface area contributed by atoms with E-state index in [-0.39, 0.29) is 18.0 Å². The highest BCUT2D eigenvalue weighted by Crippen LogP contribution is 2.17. The Labute approximate surface area is 108 Å². The number of ether oxygens (including phenoxy) is 1. The lowest BCUT2D eigenvalue weighted by Crippen LogP contribution is -2.33. The Morgan fingerprint density at radius 3 is 3.21 bits per heavy atom. The largest absolute Gasteiger partial charge is 0.391 e. The second-order valence-electron chi connectivity index (χ2n) is 4.77. The molecule has 1 saturated heterocycles. The van der Waals surface area contributed by atoms with Crippen molar-refractivity contribution in [3.8, 4) is 0 Å². The molecule has 1 N–H and O–H groups in total. The second-order valence-corrected chi connectivity index (χ2v) is 4.77. The van der Waals surface area contributed by atoms with E-state index in [0.717, 1.165) is 6.42 Å². The molecular formula is C11H15N5O3. The van der Waals surface area contributed by atoms with Crippen LogP contribution in [0.2, 0.25) is 0 Å². The highest BCUT2D eigenvalue weighted by atomic mass is 16.5. The summed E-state index contributed by atoms with van der Waals surface area (Å²) >= 11 is 0. The average Bonchev–Trinajstić information content (AvgIpc) is 3.03. The van der Waals surface area contributed by atoms with E-state index < -0.39 is 6.10 Å². The van der Waals surface area contributed by atoms with Crippen LogP contribution in [0, 0.1) is 5.92 Å². The van der Waals surface area contributed by atoms with Gasteiger partial charge in [0.25, 0.3) is 5.56 Å². The zero-order chi connectivity index (χ0) is 13.4. The predicted molar refractivity (Wildman–Crippen MR) is 65.5 cm³/mol. The SMILES string of the molecule is Cn1ncc2c(=O)n(CC(O)C3CCOC3)nnc21. The summed E-state index contributed by atoms with van der Waals surface area (Å²) in [5, 5.41) is 22.3. The van der Waals surface area contributed by atoms with E-state index in [1.807, 2.05) is 0 Å². The number of aliphatic hydroxyl groups excluding tert-OH is 1. The van der Waals surface area contributed by atoms with Crippen molar-refractivity contribution in [3.05, 3.63) is 16.6 Å². The van der Waals surface area contributed by atoms with Gasteiger partial charge in [-0.05, 0) is 6.42 Å². The van der Waals surface area contributed by atoms with E-state index in [4.69, 9.17) is 4.74 Å². The number of hydrogen-bond acceptors (Lipinski definition) is 6. The maximum absolute atomic E-state index is 12.2. The van der Waals surface area contributed by atoms with Gasteiger partial charge in [-0.2, -0.15) is 5.10 Å². The van der Waals surface area contributed by atoms with E-state index in [9.17, 15) is 9.90 Å². The molecule has 0 radical (unpaired) electrons. The van der Waals surface area contributed by atoms with Crippen molar-refractivity contribution in [2.45, 2.75) is 19.1 Å². The first-order valence-corrected chi connectivity index (χ1v) is 6.18. The van der Waals surface area contributed by atoms with Crippen molar-refractivity contribution >= 4 is 11.0 Å². The van der Waals surface area contributed by atoms with Gasteiger partial charge in [0.1, 0.15) is 5.39 Å². The van der Waals surface area contributed by atoms with Gasteiger partial charge < -0.3 is 9.84 Å². The van der Waals surface area contributed by atoms with Crippen molar-refractivity contribution in [2.75, 3.05) is 13.2 Å². The molecule has 0 amide bonds. The molecule has 8 nitrogen and oxygen atoms in total. The van der Waals surface area contributed by atoms with Gasteiger partial charge in [-0.1, -0.05) is 5.21 Å². The molecule has 2 atom stereocenters. The topological polar surface area (TPSA) is 95.1 Å². The normalized spacial score (nSPS) is 21.1. The molecule has 1 aliphatic rings.